The maximum absolute atomic E-state index is 12.1. The Bertz CT molecular complexity index is 633. The summed E-state index contributed by atoms with van der Waals surface area (Å²) in [5, 5.41) is 10.9. The van der Waals surface area contributed by atoms with E-state index in [9.17, 15) is 4.79 Å². The summed E-state index contributed by atoms with van der Waals surface area (Å²) in [5.41, 5.74) is 0.870. The highest BCUT2D eigenvalue weighted by molar-refractivity contribution is 5.91. The zero-order valence-corrected chi connectivity index (χ0v) is 12.2. The molecule has 1 aliphatic heterocycles. The molecule has 7 heteroatoms. The Hall–Kier alpha value is -2.15. The minimum absolute atomic E-state index is 0.0585. The fourth-order valence-corrected chi connectivity index (χ4v) is 2.73. The number of carbonyl (C=O) groups excluding carboxylic acids is 1. The van der Waals surface area contributed by atoms with Crippen LogP contribution in [-0.4, -0.2) is 38.8 Å². The van der Waals surface area contributed by atoms with Gasteiger partial charge in [-0.3, -0.25) is 14.4 Å². The van der Waals surface area contributed by atoms with Crippen LogP contribution in [0.1, 0.15) is 30.3 Å². The summed E-state index contributed by atoms with van der Waals surface area (Å²) in [6.45, 7) is 3.13. The topological polar surface area (TPSA) is 76.2 Å². The molecular weight excluding hydrogens is 270 g/mol. The fraction of sp³-hybridized carbons (Fsp3) is 0.500. The van der Waals surface area contributed by atoms with Gasteiger partial charge in [0.2, 0.25) is 5.91 Å². The van der Waals surface area contributed by atoms with Gasteiger partial charge in [-0.25, -0.2) is 0 Å². The molecule has 2 aromatic rings. The molecule has 0 aromatic carbocycles. The Balaban J connectivity index is 1.62. The number of anilines is 1. The highest BCUT2D eigenvalue weighted by Gasteiger charge is 2.30. The van der Waals surface area contributed by atoms with E-state index < -0.39 is 0 Å². The SMILES string of the molecule is Cc1cc([C@@H]2CCCN2CC(=O)Nc2ccn(C)n2)on1. The van der Waals surface area contributed by atoms with Crippen molar-refractivity contribution >= 4 is 11.7 Å². The summed E-state index contributed by atoms with van der Waals surface area (Å²) >= 11 is 0. The standard InChI is InChI=1S/C14H19N5O2/c1-10-8-12(21-17-10)11-4-3-6-19(11)9-14(20)15-13-5-7-18(2)16-13/h5,7-8,11H,3-4,6,9H2,1-2H3,(H,15,16,20)/t11-/m0/s1. The number of amides is 1. The van der Waals surface area contributed by atoms with Gasteiger partial charge in [0.25, 0.3) is 0 Å². The molecule has 3 rings (SSSR count). The van der Waals surface area contributed by atoms with Gasteiger partial charge < -0.3 is 9.84 Å². The van der Waals surface area contributed by atoms with Crippen LogP contribution >= 0.6 is 0 Å². The quantitative estimate of drug-likeness (QED) is 0.923. The summed E-state index contributed by atoms with van der Waals surface area (Å²) in [5.74, 6) is 1.36. The van der Waals surface area contributed by atoms with Crippen LogP contribution in [0.25, 0.3) is 0 Å². The van der Waals surface area contributed by atoms with Gasteiger partial charge in [-0.15, -0.1) is 0 Å². The van der Waals surface area contributed by atoms with Crippen molar-refractivity contribution in [1.29, 1.82) is 0 Å². The Morgan fingerprint density at radius 3 is 3.10 bits per heavy atom. The largest absolute Gasteiger partial charge is 0.359 e. The molecule has 2 aromatic heterocycles. The molecule has 112 valence electrons. The van der Waals surface area contributed by atoms with E-state index in [2.05, 4.69) is 20.5 Å². The van der Waals surface area contributed by atoms with Gasteiger partial charge in [0.1, 0.15) is 0 Å². The first-order valence-corrected chi connectivity index (χ1v) is 7.08. The van der Waals surface area contributed by atoms with Crippen LogP contribution in [0.4, 0.5) is 5.82 Å². The molecule has 0 unspecified atom stereocenters. The van der Waals surface area contributed by atoms with E-state index in [0.717, 1.165) is 30.8 Å². The zero-order valence-electron chi connectivity index (χ0n) is 12.2. The minimum atomic E-state index is -0.0585. The number of carbonyl (C=O) groups is 1. The van der Waals surface area contributed by atoms with E-state index in [1.165, 1.54) is 0 Å². The van der Waals surface area contributed by atoms with Crippen LogP contribution in [0.15, 0.2) is 22.9 Å². The lowest BCUT2D eigenvalue weighted by atomic mass is 10.1. The van der Waals surface area contributed by atoms with Crippen LogP contribution in [-0.2, 0) is 11.8 Å². The van der Waals surface area contributed by atoms with Gasteiger partial charge in [-0.1, -0.05) is 5.16 Å². The number of nitrogens with zero attached hydrogens (tertiary/aromatic N) is 4. The number of rotatable bonds is 4. The highest BCUT2D eigenvalue weighted by atomic mass is 16.5. The van der Waals surface area contributed by atoms with Crippen molar-refractivity contribution in [3.05, 3.63) is 29.8 Å². The highest BCUT2D eigenvalue weighted by Crippen LogP contribution is 2.31. The van der Waals surface area contributed by atoms with E-state index in [0.29, 0.717) is 12.4 Å². The van der Waals surface area contributed by atoms with Crippen LogP contribution < -0.4 is 5.32 Å². The van der Waals surface area contributed by atoms with E-state index >= 15 is 0 Å². The molecule has 0 aliphatic carbocycles. The summed E-state index contributed by atoms with van der Waals surface area (Å²) in [4.78, 5) is 14.2. The van der Waals surface area contributed by atoms with Crippen LogP contribution in [0.2, 0.25) is 0 Å². The van der Waals surface area contributed by atoms with E-state index in [4.69, 9.17) is 4.52 Å². The normalized spacial score (nSPS) is 19.0. The first kappa shape index (κ1) is 13.8. The third-order valence-corrected chi connectivity index (χ3v) is 3.67. The maximum atomic E-state index is 12.1. The first-order valence-electron chi connectivity index (χ1n) is 7.08. The lowest BCUT2D eigenvalue weighted by molar-refractivity contribution is -0.117. The molecule has 0 spiro atoms. The maximum Gasteiger partial charge on any atom is 0.239 e. The molecule has 0 saturated carbocycles. The summed E-state index contributed by atoms with van der Waals surface area (Å²) < 4.78 is 7.00. The molecule has 0 radical (unpaired) electrons. The van der Waals surface area contributed by atoms with Crippen molar-refractivity contribution in [1.82, 2.24) is 19.8 Å². The van der Waals surface area contributed by atoms with Crippen molar-refractivity contribution in [2.75, 3.05) is 18.4 Å². The molecule has 1 fully saturated rings. The van der Waals surface area contributed by atoms with Crippen LogP contribution in [0.3, 0.4) is 0 Å². The minimum Gasteiger partial charge on any atom is -0.359 e. The zero-order chi connectivity index (χ0) is 14.8. The molecule has 3 heterocycles. The van der Waals surface area contributed by atoms with E-state index in [1.54, 1.807) is 16.9 Å². The molecule has 1 atom stereocenters. The second-order valence-electron chi connectivity index (χ2n) is 5.42. The fourth-order valence-electron chi connectivity index (χ4n) is 2.73. The van der Waals surface area contributed by atoms with Crippen LogP contribution in [0, 0.1) is 6.92 Å². The van der Waals surface area contributed by atoms with Gasteiger partial charge in [-0.05, 0) is 26.3 Å². The van der Waals surface area contributed by atoms with Gasteiger partial charge in [-0.2, -0.15) is 5.10 Å². The second-order valence-corrected chi connectivity index (χ2v) is 5.42. The lowest BCUT2D eigenvalue weighted by Gasteiger charge is -2.21. The molecule has 1 saturated heterocycles. The van der Waals surface area contributed by atoms with Gasteiger partial charge in [0.05, 0.1) is 18.3 Å². The average molecular weight is 289 g/mol. The Morgan fingerprint density at radius 1 is 1.57 bits per heavy atom. The molecule has 21 heavy (non-hydrogen) atoms. The van der Waals surface area contributed by atoms with Crippen molar-refractivity contribution in [2.24, 2.45) is 7.05 Å². The number of hydrogen-bond acceptors (Lipinski definition) is 5. The number of aryl methyl sites for hydroxylation is 2. The molecule has 0 bridgehead atoms. The number of nitrogens with one attached hydrogen (secondary N) is 1. The summed E-state index contributed by atoms with van der Waals surface area (Å²) in [6.07, 6.45) is 3.85. The van der Waals surface area contributed by atoms with Crippen LogP contribution in [0.5, 0.6) is 0 Å². The summed E-state index contributed by atoms with van der Waals surface area (Å²) in [7, 11) is 1.82. The smallest absolute Gasteiger partial charge is 0.239 e. The number of aromatic nitrogens is 3. The molecule has 1 aliphatic rings. The van der Waals surface area contributed by atoms with Gasteiger partial charge in [0, 0.05) is 25.4 Å². The Kier molecular flexibility index (Phi) is 3.74. The summed E-state index contributed by atoms with van der Waals surface area (Å²) in [6, 6.07) is 3.86. The predicted molar refractivity (Wildman–Crippen MR) is 76.6 cm³/mol. The molecule has 7 nitrogen and oxygen atoms in total. The van der Waals surface area contributed by atoms with Gasteiger partial charge in [0.15, 0.2) is 11.6 Å². The van der Waals surface area contributed by atoms with Crippen molar-refractivity contribution < 1.29 is 9.32 Å². The molecular formula is C14H19N5O2. The van der Waals surface area contributed by atoms with E-state index in [-0.39, 0.29) is 11.9 Å². The number of hydrogen-bond donors (Lipinski definition) is 1. The predicted octanol–water partition coefficient (Wildman–Crippen LogP) is 1.49. The Morgan fingerprint density at radius 2 is 2.43 bits per heavy atom. The third-order valence-electron chi connectivity index (χ3n) is 3.67. The second kappa shape index (κ2) is 5.69. The number of likely N-dealkylation sites (tertiary alicyclic amines) is 1. The Labute approximate surface area is 122 Å². The third kappa shape index (κ3) is 3.13. The first-order chi connectivity index (χ1) is 10.1. The molecule has 1 amide bonds. The van der Waals surface area contributed by atoms with Crippen molar-refractivity contribution in [3.63, 3.8) is 0 Å². The van der Waals surface area contributed by atoms with Gasteiger partial charge >= 0.3 is 0 Å². The van der Waals surface area contributed by atoms with Crippen molar-refractivity contribution in [3.8, 4) is 0 Å². The lowest BCUT2D eigenvalue weighted by Crippen LogP contribution is -2.32. The van der Waals surface area contributed by atoms with Crippen molar-refractivity contribution in [2.45, 2.75) is 25.8 Å². The molecule has 1 N–H and O–H groups in total. The average Bonchev–Trinajstić information content (AvgIpc) is 3.12. The monoisotopic (exact) mass is 289 g/mol. The van der Waals surface area contributed by atoms with E-state index in [1.807, 2.05) is 20.0 Å².